The van der Waals surface area contributed by atoms with Gasteiger partial charge in [0, 0.05) is 34.9 Å². The monoisotopic (exact) mass is 467 g/mol. The molecule has 1 aromatic carbocycles. The first-order chi connectivity index (χ1) is 16.0. The lowest BCUT2D eigenvalue weighted by molar-refractivity contribution is -0.127. The standard InChI is InChI=1S/C24H26ClN5O3/c25-18-5-2-6-19-17(18)10-20(29-19)24(33)30-12-14-3-1-4-16(14)21(30)23(32)28-15(11-26)9-13-7-8-27-22(13)31/h2,5-6,10,13-16,21,29H,1,3-4,7-9,12H2,(H,27,31)(H,28,32)/t13?,14-,15-,16-,21-/m0/s1. The summed E-state index contributed by atoms with van der Waals surface area (Å²) in [5.74, 6) is -0.533. The summed E-state index contributed by atoms with van der Waals surface area (Å²) in [6.07, 6.45) is 3.85. The van der Waals surface area contributed by atoms with Crippen molar-refractivity contribution < 1.29 is 14.4 Å². The molecule has 1 saturated carbocycles. The Bertz CT molecular complexity index is 1150. The highest BCUT2D eigenvalue weighted by Gasteiger charge is 2.50. The molecule has 0 radical (unpaired) electrons. The quantitative estimate of drug-likeness (QED) is 0.626. The maximum Gasteiger partial charge on any atom is 0.271 e. The van der Waals surface area contributed by atoms with E-state index in [0.717, 1.165) is 30.2 Å². The van der Waals surface area contributed by atoms with Crippen molar-refractivity contribution in [1.82, 2.24) is 20.5 Å². The third kappa shape index (κ3) is 3.95. The topological polar surface area (TPSA) is 118 Å². The number of nitriles is 1. The Kier molecular flexibility index (Phi) is 5.75. The van der Waals surface area contributed by atoms with E-state index in [-0.39, 0.29) is 41.9 Å². The lowest BCUT2D eigenvalue weighted by Gasteiger charge is -2.28. The summed E-state index contributed by atoms with van der Waals surface area (Å²) in [7, 11) is 0. The molecule has 3 N–H and O–H groups in total. The van der Waals surface area contributed by atoms with E-state index in [1.165, 1.54) is 0 Å². The highest BCUT2D eigenvalue weighted by molar-refractivity contribution is 6.35. The molecule has 172 valence electrons. The van der Waals surface area contributed by atoms with Gasteiger partial charge in [-0.3, -0.25) is 14.4 Å². The number of nitrogens with zero attached hydrogens (tertiary/aromatic N) is 2. The zero-order valence-electron chi connectivity index (χ0n) is 18.1. The van der Waals surface area contributed by atoms with E-state index in [2.05, 4.69) is 21.7 Å². The van der Waals surface area contributed by atoms with E-state index >= 15 is 0 Å². The number of carbonyl (C=O) groups is 3. The molecule has 1 aliphatic carbocycles. The number of aromatic amines is 1. The summed E-state index contributed by atoms with van der Waals surface area (Å²) in [4.78, 5) is 43.6. The van der Waals surface area contributed by atoms with Crippen molar-refractivity contribution >= 4 is 40.2 Å². The Labute approximate surface area is 196 Å². The Morgan fingerprint density at radius 1 is 1.30 bits per heavy atom. The third-order valence-electron chi connectivity index (χ3n) is 7.42. The number of fused-ring (bicyclic) bond motifs is 2. The molecule has 8 nitrogen and oxygen atoms in total. The van der Waals surface area contributed by atoms with Gasteiger partial charge in [-0.05, 0) is 55.7 Å². The van der Waals surface area contributed by atoms with E-state index in [0.29, 0.717) is 30.2 Å². The summed E-state index contributed by atoms with van der Waals surface area (Å²) >= 11 is 6.28. The van der Waals surface area contributed by atoms with Crippen molar-refractivity contribution in [3.63, 3.8) is 0 Å². The molecule has 2 saturated heterocycles. The smallest absolute Gasteiger partial charge is 0.271 e. The summed E-state index contributed by atoms with van der Waals surface area (Å²) in [6, 6.07) is 7.92. The molecule has 0 bridgehead atoms. The number of benzene rings is 1. The van der Waals surface area contributed by atoms with Crippen molar-refractivity contribution in [2.75, 3.05) is 13.1 Å². The van der Waals surface area contributed by atoms with Crippen LogP contribution in [0.1, 0.15) is 42.6 Å². The third-order valence-corrected chi connectivity index (χ3v) is 7.75. The minimum Gasteiger partial charge on any atom is -0.356 e. The van der Waals surface area contributed by atoms with Gasteiger partial charge in [-0.1, -0.05) is 24.1 Å². The van der Waals surface area contributed by atoms with Crippen LogP contribution in [0.25, 0.3) is 10.9 Å². The van der Waals surface area contributed by atoms with Crippen LogP contribution in [0.5, 0.6) is 0 Å². The number of nitrogens with one attached hydrogen (secondary N) is 3. The minimum atomic E-state index is -0.768. The number of halogens is 1. The first-order valence-corrected chi connectivity index (χ1v) is 11.9. The molecule has 3 amide bonds. The zero-order chi connectivity index (χ0) is 23.1. The second kappa shape index (κ2) is 8.71. The number of H-pyrrole nitrogens is 1. The van der Waals surface area contributed by atoms with Crippen LogP contribution in [0.3, 0.4) is 0 Å². The molecular formula is C24H26ClN5O3. The molecule has 2 aromatic rings. The summed E-state index contributed by atoms with van der Waals surface area (Å²) in [6.45, 7) is 1.12. The summed E-state index contributed by atoms with van der Waals surface area (Å²) in [5, 5.41) is 16.5. The van der Waals surface area contributed by atoms with E-state index in [4.69, 9.17) is 11.6 Å². The average molecular weight is 468 g/mol. The molecule has 3 fully saturated rings. The van der Waals surface area contributed by atoms with Crippen LogP contribution in [0.15, 0.2) is 24.3 Å². The van der Waals surface area contributed by atoms with Gasteiger partial charge in [0.25, 0.3) is 5.91 Å². The number of hydrogen-bond donors (Lipinski definition) is 3. The second-order valence-corrected chi connectivity index (χ2v) is 9.75. The van der Waals surface area contributed by atoms with Gasteiger partial charge in [-0.2, -0.15) is 5.26 Å². The normalized spacial score (nSPS) is 27.3. The van der Waals surface area contributed by atoms with Crippen LogP contribution in [-0.4, -0.2) is 52.8 Å². The van der Waals surface area contributed by atoms with Crippen LogP contribution in [0.4, 0.5) is 0 Å². The molecule has 3 heterocycles. The predicted octanol–water partition coefficient (Wildman–Crippen LogP) is 2.60. The molecule has 5 atom stereocenters. The fourth-order valence-electron chi connectivity index (χ4n) is 5.79. The number of rotatable bonds is 5. The van der Waals surface area contributed by atoms with E-state index in [1.807, 2.05) is 12.1 Å². The van der Waals surface area contributed by atoms with Gasteiger partial charge in [0.15, 0.2) is 0 Å². The lowest BCUT2D eigenvalue weighted by Crippen LogP contribution is -2.51. The van der Waals surface area contributed by atoms with Gasteiger partial charge in [-0.25, -0.2) is 0 Å². The van der Waals surface area contributed by atoms with Crippen LogP contribution in [0.2, 0.25) is 5.02 Å². The van der Waals surface area contributed by atoms with Crippen LogP contribution in [-0.2, 0) is 9.59 Å². The Hall–Kier alpha value is -3.05. The molecule has 1 aromatic heterocycles. The largest absolute Gasteiger partial charge is 0.356 e. The summed E-state index contributed by atoms with van der Waals surface area (Å²) in [5.41, 5.74) is 1.17. The fraction of sp³-hybridized carbons (Fsp3) is 0.500. The molecule has 9 heteroatoms. The van der Waals surface area contributed by atoms with Gasteiger partial charge < -0.3 is 20.5 Å². The van der Waals surface area contributed by atoms with E-state index < -0.39 is 12.1 Å². The predicted molar refractivity (Wildman–Crippen MR) is 122 cm³/mol. The van der Waals surface area contributed by atoms with Gasteiger partial charge in [0.2, 0.25) is 11.8 Å². The first-order valence-electron chi connectivity index (χ1n) is 11.5. The van der Waals surface area contributed by atoms with E-state index in [1.54, 1.807) is 17.0 Å². The molecule has 2 aliphatic heterocycles. The van der Waals surface area contributed by atoms with Gasteiger partial charge in [-0.15, -0.1) is 0 Å². The van der Waals surface area contributed by atoms with E-state index in [9.17, 15) is 19.6 Å². The molecule has 3 aliphatic rings. The molecule has 33 heavy (non-hydrogen) atoms. The average Bonchev–Trinajstić information content (AvgIpc) is 3.56. The number of likely N-dealkylation sites (tertiary alicyclic amines) is 1. The van der Waals surface area contributed by atoms with Crippen molar-refractivity contribution in [3.8, 4) is 6.07 Å². The van der Waals surface area contributed by atoms with Crippen molar-refractivity contribution in [2.24, 2.45) is 17.8 Å². The van der Waals surface area contributed by atoms with Crippen LogP contribution >= 0.6 is 11.6 Å². The zero-order valence-corrected chi connectivity index (χ0v) is 18.9. The fourth-order valence-corrected chi connectivity index (χ4v) is 6.02. The minimum absolute atomic E-state index is 0.0736. The van der Waals surface area contributed by atoms with Gasteiger partial charge in [0.05, 0.1) is 6.07 Å². The summed E-state index contributed by atoms with van der Waals surface area (Å²) < 4.78 is 0. The van der Waals surface area contributed by atoms with Gasteiger partial charge in [0.1, 0.15) is 17.8 Å². The van der Waals surface area contributed by atoms with Gasteiger partial charge >= 0.3 is 0 Å². The SMILES string of the molecule is N#C[C@H](CC1CCNC1=O)NC(=O)[C@@H]1[C@H]2CCC[C@H]2CN1C(=O)c1cc2c(Cl)cccc2[nH]1. The number of amides is 3. The maximum absolute atomic E-state index is 13.5. The second-order valence-electron chi connectivity index (χ2n) is 9.34. The lowest BCUT2D eigenvalue weighted by atomic mass is 9.92. The molecule has 5 rings (SSSR count). The number of aromatic nitrogens is 1. The van der Waals surface area contributed by atoms with Crippen LogP contribution < -0.4 is 10.6 Å². The van der Waals surface area contributed by atoms with Crippen molar-refractivity contribution in [1.29, 1.82) is 5.26 Å². The molecule has 1 unspecified atom stereocenters. The number of carbonyl (C=O) groups excluding carboxylic acids is 3. The van der Waals surface area contributed by atoms with Crippen molar-refractivity contribution in [3.05, 3.63) is 35.0 Å². The molecule has 0 spiro atoms. The highest BCUT2D eigenvalue weighted by atomic mass is 35.5. The first kappa shape index (κ1) is 21.8. The Morgan fingerprint density at radius 2 is 2.15 bits per heavy atom. The van der Waals surface area contributed by atoms with Crippen molar-refractivity contribution in [2.45, 2.75) is 44.2 Å². The number of hydrogen-bond acceptors (Lipinski definition) is 4. The Balaban J connectivity index is 1.37. The van der Waals surface area contributed by atoms with Crippen LogP contribution in [0, 0.1) is 29.1 Å². The Morgan fingerprint density at radius 3 is 2.88 bits per heavy atom. The molecular weight excluding hydrogens is 442 g/mol. The maximum atomic E-state index is 13.5. The highest BCUT2D eigenvalue weighted by Crippen LogP contribution is 2.43.